The van der Waals surface area contributed by atoms with Crippen LogP contribution in [0.1, 0.15) is 30.0 Å². The van der Waals surface area contributed by atoms with Gasteiger partial charge in [-0.25, -0.2) is 8.78 Å². The Balaban J connectivity index is 2.92. The molecule has 0 aliphatic carbocycles. The van der Waals surface area contributed by atoms with Gasteiger partial charge in [0.15, 0.2) is 11.6 Å². The molecule has 1 rings (SSSR count). The highest BCUT2D eigenvalue weighted by Crippen LogP contribution is 2.29. The number of aryl methyl sites for hydroxylation is 1. The molecule has 0 saturated carbocycles. The summed E-state index contributed by atoms with van der Waals surface area (Å²) >= 11 is 0. The predicted molar refractivity (Wildman–Crippen MR) is 58.2 cm³/mol. The first-order chi connectivity index (χ1) is 8.26. The van der Waals surface area contributed by atoms with Crippen LogP contribution in [0.25, 0.3) is 0 Å². The number of halogens is 5. The van der Waals surface area contributed by atoms with E-state index in [4.69, 9.17) is 0 Å². The third-order valence-electron chi connectivity index (χ3n) is 2.75. The Bertz CT molecular complexity index is 414. The second-order valence-corrected chi connectivity index (χ2v) is 4.09. The number of rotatable bonds is 4. The molecule has 0 radical (unpaired) electrons. The van der Waals surface area contributed by atoms with Crippen LogP contribution < -0.4 is 5.32 Å². The van der Waals surface area contributed by atoms with Crippen molar-refractivity contribution in [2.45, 2.75) is 32.0 Å². The zero-order valence-corrected chi connectivity index (χ0v) is 10.0. The molecule has 0 fully saturated rings. The predicted octanol–water partition coefficient (Wildman–Crippen LogP) is 3.88. The van der Waals surface area contributed by atoms with E-state index in [9.17, 15) is 22.0 Å². The molecule has 0 aliphatic rings. The lowest BCUT2D eigenvalue weighted by atomic mass is 9.99. The Morgan fingerprint density at radius 2 is 1.78 bits per heavy atom. The molecule has 1 nitrogen and oxygen atoms in total. The quantitative estimate of drug-likeness (QED) is 0.816. The summed E-state index contributed by atoms with van der Waals surface area (Å²) in [5, 5.41) is 2.57. The maximum atomic E-state index is 13.6. The molecular weight excluding hydrogens is 253 g/mol. The Morgan fingerprint density at radius 3 is 2.28 bits per heavy atom. The highest BCUT2D eigenvalue weighted by Gasteiger charge is 2.29. The van der Waals surface area contributed by atoms with E-state index in [1.807, 2.05) is 0 Å². The highest BCUT2D eigenvalue weighted by molar-refractivity contribution is 5.27. The van der Waals surface area contributed by atoms with Gasteiger partial charge in [-0.3, -0.25) is 0 Å². The van der Waals surface area contributed by atoms with Crippen molar-refractivity contribution in [2.24, 2.45) is 0 Å². The van der Waals surface area contributed by atoms with Gasteiger partial charge in [-0.15, -0.1) is 0 Å². The van der Waals surface area contributed by atoms with Crippen molar-refractivity contribution in [2.75, 3.05) is 7.05 Å². The number of hydrogen-bond donors (Lipinski definition) is 1. The fourth-order valence-electron chi connectivity index (χ4n) is 1.69. The first kappa shape index (κ1) is 14.9. The average molecular weight is 267 g/mol. The smallest absolute Gasteiger partial charge is 0.313 e. The summed E-state index contributed by atoms with van der Waals surface area (Å²) in [4.78, 5) is 0. The second kappa shape index (κ2) is 5.65. The minimum atomic E-state index is -4.31. The highest BCUT2D eigenvalue weighted by atomic mass is 19.4. The van der Waals surface area contributed by atoms with Crippen LogP contribution in [-0.2, 0) is 0 Å². The van der Waals surface area contributed by atoms with Crippen molar-refractivity contribution >= 4 is 0 Å². The third-order valence-corrected chi connectivity index (χ3v) is 2.75. The lowest BCUT2D eigenvalue weighted by Crippen LogP contribution is -2.21. The van der Waals surface area contributed by atoms with Gasteiger partial charge in [-0.1, -0.05) is 12.1 Å². The second-order valence-electron chi connectivity index (χ2n) is 4.09. The summed E-state index contributed by atoms with van der Waals surface area (Å²) in [5.41, 5.74) is 0.0479. The van der Waals surface area contributed by atoms with Crippen molar-refractivity contribution in [1.29, 1.82) is 0 Å². The van der Waals surface area contributed by atoms with Crippen molar-refractivity contribution in [3.8, 4) is 0 Å². The molecule has 0 amide bonds. The van der Waals surface area contributed by atoms with Crippen molar-refractivity contribution in [3.63, 3.8) is 0 Å². The van der Waals surface area contributed by atoms with Crippen LogP contribution in [0, 0.1) is 18.6 Å². The summed E-state index contributed by atoms with van der Waals surface area (Å²) < 4.78 is 63.3. The van der Waals surface area contributed by atoms with Crippen LogP contribution >= 0.6 is 0 Å². The molecule has 1 N–H and O–H groups in total. The van der Waals surface area contributed by atoms with Gasteiger partial charge in [0.25, 0.3) is 0 Å². The molecule has 0 bridgehead atoms. The first-order valence-corrected chi connectivity index (χ1v) is 5.44. The molecule has 0 aromatic heterocycles. The monoisotopic (exact) mass is 267 g/mol. The molecule has 6 heteroatoms. The zero-order chi connectivity index (χ0) is 13.9. The van der Waals surface area contributed by atoms with Gasteiger partial charge >= 0.3 is 6.18 Å². The summed E-state index contributed by atoms with van der Waals surface area (Å²) in [5.74, 6) is -2.10. The van der Waals surface area contributed by atoms with E-state index in [0.29, 0.717) is 0 Å². The van der Waals surface area contributed by atoms with Gasteiger partial charge in [0.1, 0.15) is 0 Å². The topological polar surface area (TPSA) is 12.0 Å². The van der Waals surface area contributed by atoms with Crippen molar-refractivity contribution in [1.82, 2.24) is 5.32 Å². The maximum Gasteiger partial charge on any atom is 0.389 e. The van der Waals surface area contributed by atoms with Gasteiger partial charge < -0.3 is 5.32 Å². The van der Waals surface area contributed by atoms with Crippen LogP contribution in [0.15, 0.2) is 12.1 Å². The fraction of sp³-hybridized carbons (Fsp3) is 0.500. The SMILES string of the molecule is CNC(CCC(F)(F)F)c1ccc(C)c(F)c1F. The molecular formula is C12H14F5N. The lowest BCUT2D eigenvalue weighted by Gasteiger charge is -2.19. The van der Waals surface area contributed by atoms with Crippen LogP contribution in [0.4, 0.5) is 22.0 Å². The van der Waals surface area contributed by atoms with Gasteiger partial charge in [0, 0.05) is 18.0 Å². The van der Waals surface area contributed by atoms with Crippen LogP contribution in [0.5, 0.6) is 0 Å². The number of alkyl halides is 3. The molecule has 0 saturated heterocycles. The summed E-state index contributed by atoms with van der Waals surface area (Å²) in [6.07, 6.45) is -5.69. The normalized spacial score (nSPS) is 13.7. The Kier molecular flexibility index (Phi) is 4.67. The standard InChI is InChI=1S/C12H14F5N/c1-7-3-4-8(11(14)10(7)13)9(18-2)5-6-12(15,16)17/h3-4,9,18H,5-6H2,1-2H3. The van der Waals surface area contributed by atoms with E-state index in [2.05, 4.69) is 5.32 Å². The summed E-state index contributed by atoms with van der Waals surface area (Å²) in [6.45, 7) is 1.40. The molecule has 1 atom stereocenters. The summed E-state index contributed by atoms with van der Waals surface area (Å²) in [7, 11) is 1.41. The first-order valence-electron chi connectivity index (χ1n) is 5.44. The zero-order valence-electron chi connectivity index (χ0n) is 10.0. The van der Waals surface area contributed by atoms with Gasteiger partial charge in [-0.2, -0.15) is 13.2 Å². The largest absolute Gasteiger partial charge is 0.389 e. The minimum Gasteiger partial charge on any atom is -0.313 e. The van der Waals surface area contributed by atoms with Crippen molar-refractivity contribution in [3.05, 3.63) is 34.9 Å². The van der Waals surface area contributed by atoms with Crippen LogP contribution in [-0.4, -0.2) is 13.2 Å². The fourth-order valence-corrected chi connectivity index (χ4v) is 1.69. The number of nitrogens with one attached hydrogen (secondary N) is 1. The van der Waals surface area contributed by atoms with E-state index in [1.165, 1.54) is 26.1 Å². The Labute approximate surface area is 102 Å². The Hall–Kier alpha value is -1.17. The molecule has 1 aromatic rings. The van der Waals surface area contributed by atoms with Crippen LogP contribution in [0.3, 0.4) is 0 Å². The van der Waals surface area contributed by atoms with Gasteiger partial charge in [0.05, 0.1) is 0 Å². The van der Waals surface area contributed by atoms with E-state index in [0.717, 1.165) is 0 Å². The molecule has 0 spiro atoms. The maximum absolute atomic E-state index is 13.6. The van der Waals surface area contributed by atoms with Gasteiger partial charge in [-0.05, 0) is 26.0 Å². The van der Waals surface area contributed by atoms with E-state index in [1.54, 1.807) is 0 Å². The number of benzene rings is 1. The molecule has 1 unspecified atom stereocenters. The van der Waals surface area contributed by atoms with Crippen molar-refractivity contribution < 1.29 is 22.0 Å². The van der Waals surface area contributed by atoms with E-state index in [-0.39, 0.29) is 17.5 Å². The van der Waals surface area contributed by atoms with E-state index >= 15 is 0 Å². The molecule has 0 aliphatic heterocycles. The molecule has 102 valence electrons. The minimum absolute atomic E-state index is 0.0788. The number of hydrogen-bond acceptors (Lipinski definition) is 1. The van der Waals surface area contributed by atoms with Crippen LogP contribution in [0.2, 0.25) is 0 Å². The lowest BCUT2D eigenvalue weighted by molar-refractivity contribution is -0.136. The Morgan fingerprint density at radius 1 is 1.17 bits per heavy atom. The molecule has 0 heterocycles. The molecule has 18 heavy (non-hydrogen) atoms. The average Bonchev–Trinajstić information content (AvgIpc) is 2.28. The van der Waals surface area contributed by atoms with E-state index < -0.39 is 30.3 Å². The summed E-state index contributed by atoms with van der Waals surface area (Å²) in [6, 6.07) is 1.80. The molecule has 1 aromatic carbocycles. The third kappa shape index (κ3) is 3.66. The van der Waals surface area contributed by atoms with Gasteiger partial charge in [0.2, 0.25) is 0 Å².